The van der Waals surface area contributed by atoms with Gasteiger partial charge in [-0.15, -0.1) is 0 Å². The van der Waals surface area contributed by atoms with Crippen molar-refractivity contribution in [3.63, 3.8) is 0 Å². The average Bonchev–Trinajstić information content (AvgIpc) is 2.63. The second kappa shape index (κ2) is 7.09. The molecule has 3 aromatic rings. The molecule has 0 bridgehead atoms. The number of nitrogens with one attached hydrogen (secondary N) is 1. The fourth-order valence-corrected chi connectivity index (χ4v) is 2.36. The summed E-state index contributed by atoms with van der Waals surface area (Å²) >= 11 is 0. The minimum atomic E-state index is -0.772. The van der Waals surface area contributed by atoms with Crippen LogP contribution in [0.25, 0.3) is 11.3 Å². The van der Waals surface area contributed by atoms with Crippen LogP contribution < -0.4 is 11.0 Å². The Kier molecular flexibility index (Phi) is 4.70. The average molecular weight is 334 g/mol. The molecule has 0 radical (unpaired) electrons. The number of carbonyl (C=O) groups is 1. The monoisotopic (exact) mass is 334 g/mol. The van der Waals surface area contributed by atoms with Gasteiger partial charge in [-0.1, -0.05) is 48.0 Å². The highest BCUT2D eigenvalue weighted by Crippen LogP contribution is 2.14. The summed E-state index contributed by atoms with van der Waals surface area (Å²) in [5.41, 5.74) is 2.49. The number of hydrogen-bond acceptors (Lipinski definition) is 4. The molecule has 126 valence electrons. The summed E-state index contributed by atoms with van der Waals surface area (Å²) in [4.78, 5) is 28.7. The summed E-state index contributed by atoms with van der Waals surface area (Å²) in [6.45, 7) is 3.58. The lowest BCUT2D eigenvalue weighted by Gasteiger charge is -2.14. The lowest BCUT2D eigenvalue weighted by Crippen LogP contribution is -2.34. The zero-order valence-corrected chi connectivity index (χ0v) is 14.0. The first kappa shape index (κ1) is 16.6. The first-order valence-electron chi connectivity index (χ1n) is 7.93. The van der Waals surface area contributed by atoms with Crippen LogP contribution in [0.3, 0.4) is 0 Å². The predicted octanol–water partition coefficient (Wildman–Crippen LogP) is 2.81. The fraction of sp³-hybridized carbons (Fsp3) is 0.158. The van der Waals surface area contributed by atoms with Crippen LogP contribution in [0.4, 0.5) is 5.69 Å². The zero-order valence-electron chi connectivity index (χ0n) is 14.0. The van der Waals surface area contributed by atoms with Crippen molar-refractivity contribution in [3.8, 4) is 11.3 Å². The van der Waals surface area contributed by atoms with Crippen LogP contribution in [0.15, 0.2) is 65.6 Å². The Morgan fingerprint density at radius 3 is 2.40 bits per heavy atom. The van der Waals surface area contributed by atoms with Gasteiger partial charge in [-0.3, -0.25) is 4.79 Å². The van der Waals surface area contributed by atoms with Gasteiger partial charge in [-0.05, 0) is 26.0 Å². The number of amides is 1. The Hall–Kier alpha value is -3.28. The van der Waals surface area contributed by atoms with Gasteiger partial charge in [0.2, 0.25) is 5.91 Å². The SMILES string of the molecule is Cc1ccc(NC(=O)[C@H](C)n2ncc(-c3ccccc3)nc2=O)cc1. The molecule has 0 saturated heterocycles. The maximum atomic E-state index is 12.4. The molecule has 0 aliphatic rings. The van der Waals surface area contributed by atoms with E-state index in [1.165, 1.54) is 6.20 Å². The molecule has 1 aromatic heterocycles. The molecule has 2 aromatic carbocycles. The quantitative estimate of drug-likeness (QED) is 0.796. The van der Waals surface area contributed by atoms with Gasteiger partial charge >= 0.3 is 5.69 Å². The molecule has 0 aliphatic carbocycles. The number of hydrogen-bond donors (Lipinski definition) is 1. The van der Waals surface area contributed by atoms with Crippen molar-refractivity contribution in [1.29, 1.82) is 0 Å². The van der Waals surface area contributed by atoms with Crippen LogP contribution in [0.1, 0.15) is 18.5 Å². The number of aromatic nitrogens is 3. The molecule has 6 nitrogen and oxygen atoms in total. The molecule has 0 unspecified atom stereocenters. The van der Waals surface area contributed by atoms with E-state index in [4.69, 9.17) is 0 Å². The van der Waals surface area contributed by atoms with E-state index in [-0.39, 0.29) is 5.91 Å². The van der Waals surface area contributed by atoms with Crippen LogP contribution in [-0.4, -0.2) is 20.7 Å². The summed E-state index contributed by atoms with van der Waals surface area (Å²) < 4.78 is 1.08. The number of aryl methyl sites for hydroxylation is 1. The molecule has 0 aliphatic heterocycles. The van der Waals surface area contributed by atoms with Gasteiger partial charge in [0.1, 0.15) is 6.04 Å². The zero-order chi connectivity index (χ0) is 17.8. The van der Waals surface area contributed by atoms with Crippen LogP contribution in [0, 0.1) is 6.92 Å². The van der Waals surface area contributed by atoms with E-state index in [0.717, 1.165) is 15.8 Å². The van der Waals surface area contributed by atoms with Crippen LogP contribution in [0.2, 0.25) is 0 Å². The second-order valence-electron chi connectivity index (χ2n) is 5.77. The summed E-state index contributed by atoms with van der Waals surface area (Å²) in [5, 5.41) is 6.89. The van der Waals surface area contributed by atoms with Gasteiger partial charge in [-0.25, -0.2) is 9.48 Å². The molecular weight excluding hydrogens is 316 g/mol. The summed E-state index contributed by atoms with van der Waals surface area (Å²) in [6.07, 6.45) is 1.49. The Bertz CT molecular complexity index is 934. The lowest BCUT2D eigenvalue weighted by atomic mass is 10.2. The van der Waals surface area contributed by atoms with E-state index in [1.807, 2.05) is 61.5 Å². The van der Waals surface area contributed by atoms with E-state index in [1.54, 1.807) is 6.92 Å². The minimum absolute atomic E-state index is 0.326. The van der Waals surface area contributed by atoms with Crippen molar-refractivity contribution >= 4 is 11.6 Å². The molecule has 3 rings (SSSR count). The van der Waals surface area contributed by atoms with E-state index in [2.05, 4.69) is 15.4 Å². The van der Waals surface area contributed by atoms with Gasteiger partial charge in [-0.2, -0.15) is 10.1 Å². The lowest BCUT2D eigenvalue weighted by molar-refractivity contribution is -0.119. The van der Waals surface area contributed by atoms with Gasteiger partial charge in [0.25, 0.3) is 0 Å². The maximum Gasteiger partial charge on any atom is 0.365 e. The number of nitrogens with zero attached hydrogens (tertiary/aromatic N) is 3. The van der Waals surface area contributed by atoms with E-state index < -0.39 is 11.7 Å². The molecule has 1 amide bonds. The van der Waals surface area contributed by atoms with Gasteiger partial charge in [0, 0.05) is 11.3 Å². The smallest absolute Gasteiger partial charge is 0.324 e. The predicted molar refractivity (Wildman–Crippen MR) is 96.2 cm³/mol. The third kappa shape index (κ3) is 3.80. The Labute approximate surface area is 145 Å². The second-order valence-corrected chi connectivity index (χ2v) is 5.77. The van der Waals surface area contributed by atoms with Gasteiger partial charge in [0.05, 0.1) is 11.9 Å². The van der Waals surface area contributed by atoms with Crippen LogP contribution in [0.5, 0.6) is 0 Å². The molecule has 1 N–H and O–H groups in total. The molecule has 0 fully saturated rings. The van der Waals surface area contributed by atoms with E-state index in [0.29, 0.717) is 11.4 Å². The van der Waals surface area contributed by atoms with E-state index >= 15 is 0 Å². The number of anilines is 1. The number of carbonyl (C=O) groups excluding carboxylic acids is 1. The highest BCUT2D eigenvalue weighted by Gasteiger charge is 2.18. The molecule has 1 atom stereocenters. The van der Waals surface area contributed by atoms with E-state index in [9.17, 15) is 9.59 Å². The third-order valence-electron chi connectivity index (χ3n) is 3.85. The highest BCUT2D eigenvalue weighted by molar-refractivity contribution is 5.93. The normalized spacial score (nSPS) is 11.8. The molecule has 6 heteroatoms. The fourth-order valence-electron chi connectivity index (χ4n) is 2.36. The van der Waals surface area contributed by atoms with Crippen molar-refractivity contribution in [2.45, 2.75) is 19.9 Å². The molecule has 0 saturated carbocycles. The van der Waals surface area contributed by atoms with Crippen molar-refractivity contribution in [1.82, 2.24) is 14.8 Å². The molecular formula is C19H18N4O2. The number of rotatable bonds is 4. The number of benzene rings is 2. The first-order chi connectivity index (χ1) is 12.0. The highest BCUT2D eigenvalue weighted by atomic mass is 16.2. The summed E-state index contributed by atoms with van der Waals surface area (Å²) in [7, 11) is 0. The summed E-state index contributed by atoms with van der Waals surface area (Å²) in [6, 6.07) is 16.0. The molecule has 1 heterocycles. The van der Waals surface area contributed by atoms with Gasteiger partial charge < -0.3 is 5.32 Å². The van der Waals surface area contributed by atoms with Crippen molar-refractivity contribution < 1.29 is 4.79 Å². The van der Waals surface area contributed by atoms with Crippen LogP contribution >= 0.6 is 0 Å². The maximum absolute atomic E-state index is 12.4. The minimum Gasteiger partial charge on any atom is -0.324 e. The Morgan fingerprint density at radius 1 is 1.08 bits per heavy atom. The Morgan fingerprint density at radius 2 is 1.76 bits per heavy atom. The largest absolute Gasteiger partial charge is 0.365 e. The standard InChI is InChI=1S/C19H18N4O2/c1-13-8-10-16(11-9-13)21-18(24)14(2)23-19(25)22-17(12-20-23)15-6-4-3-5-7-15/h3-12,14H,1-2H3,(H,21,24)/t14-/m0/s1. The topological polar surface area (TPSA) is 76.9 Å². The molecule has 25 heavy (non-hydrogen) atoms. The first-order valence-corrected chi connectivity index (χ1v) is 7.93. The summed E-state index contributed by atoms with van der Waals surface area (Å²) in [5.74, 6) is -0.326. The van der Waals surface area contributed by atoms with Crippen LogP contribution in [-0.2, 0) is 4.79 Å². The van der Waals surface area contributed by atoms with Crippen molar-refractivity contribution in [2.24, 2.45) is 0 Å². The van der Waals surface area contributed by atoms with Crippen molar-refractivity contribution in [3.05, 3.63) is 76.8 Å². The molecule has 0 spiro atoms. The van der Waals surface area contributed by atoms with Gasteiger partial charge in [0.15, 0.2) is 0 Å². The third-order valence-corrected chi connectivity index (χ3v) is 3.85. The Balaban J connectivity index is 1.80. The van der Waals surface area contributed by atoms with Crippen molar-refractivity contribution in [2.75, 3.05) is 5.32 Å².